The zero-order valence-corrected chi connectivity index (χ0v) is 16.5. The van der Waals surface area contributed by atoms with Crippen LogP contribution >= 0.6 is 0 Å². The summed E-state index contributed by atoms with van der Waals surface area (Å²) in [6.45, 7) is 10.0. The Morgan fingerprint density at radius 3 is 2.20 bits per heavy atom. The summed E-state index contributed by atoms with van der Waals surface area (Å²) >= 11 is 0. The number of hydrogen-bond donors (Lipinski definition) is 1. The fourth-order valence-corrected chi connectivity index (χ4v) is 3.89. The average Bonchev–Trinajstić information content (AvgIpc) is 2.46. The van der Waals surface area contributed by atoms with E-state index in [4.69, 9.17) is 0 Å². The van der Waals surface area contributed by atoms with Gasteiger partial charge in [-0.1, -0.05) is 12.1 Å². The Kier molecular flexibility index (Phi) is 5.37. The Morgan fingerprint density at radius 1 is 1.00 bits per heavy atom. The van der Waals surface area contributed by atoms with Gasteiger partial charge in [-0.3, -0.25) is 4.79 Å². The Labute approximate surface area is 150 Å². The minimum atomic E-state index is -3.25. The van der Waals surface area contributed by atoms with Crippen molar-refractivity contribution >= 4 is 21.3 Å². The van der Waals surface area contributed by atoms with Gasteiger partial charge in [0.25, 0.3) is 0 Å². The first-order valence-electron chi connectivity index (χ1n) is 8.17. The van der Waals surface area contributed by atoms with Gasteiger partial charge < -0.3 is 5.32 Å². The molecule has 0 aliphatic heterocycles. The summed E-state index contributed by atoms with van der Waals surface area (Å²) in [6, 6.07) is 7.11. The van der Waals surface area contributed by atoms with E-state index in [0.29, 0.717) is 11.4 Å². The lowest BCUT2D eigenvalue weighted by Gasteiger charge is -2.18. The SMILES string of the molecule is CC(=O)c1c(C)cc(C)c(CNc2cc(S(C)(=O)=O)ccc2C)c1C. The molecule has 0 radical (unpaired) electrons. The predicted octanol–water partition coefficient (Wildman–Crippen LogP) is 4.14. The van der Waals surface area contributed by atoms with E-state index in [1.807, 2.05) is 33.8 Å². The maximum absolute atomic E-state index is 11.9. The van der Waals surface area contributed by atoms with Crippen LogP contribution in [0, 0.1) is 27.7 Å². The third-order valence-corrected chi connectivity index (χ3v) is 5.69. The molecule has 0 fully saturated rings. The highest BCUT2D eigenvalue weighted by Gasteiger charge is 2.15. The molecule has 4 nitrogen and oxygen atoms in total. The van der Waals surface area contributed by atoms with Gasteiger partial charge in [-0.15, -0.1) is 0 Å². The molecule has 0 aliphatic carbocycles. The van der Waals surface area contributed by atoms with Crippen molar-refractivity contribution < 1.29 is 13.2 Å². The lowest BCUT2D eigenvalue weighted by Crippen LogP contribution is -2.10. The van der Waals surface area contributed by atoms with Gasteiger partial charge >= 0.3 is 0 Å². The van der Waals surface area contributed by atoms with Crippen LogP contribution in [0.5, 0.6) is 0 Å². The quantitative estimate of drug-likeness (QED) is 0.815. The van der Waals surface area contributed by atoms with Gasteiger partial charge in [0.2, 0.25) is 0 Å². The number of sulfone groups is 1. The van der Waals surface area contributed by atoms with Crippen molar-refractivity contribution in [3.8, 4) is 0 Å². The summed E-state index contributed by atoms with van der Waals surface area (Å²) in [7, 11) is -3.25. The molecule has 0 aliphatic rings. The smallest absolute Gasteiger partial charge is 0.175 e. The number of benzene rings is 2. The van der Waals surface area contributed by atoms with E-state index in [1.165, 1.54) is 6.26 Å². The number of rotatable bonds is 5. The van der Waals surface area contributed by atoms with Crippen LogP contribution in [0.3, 0.4) is 0 Å². The predicted molar refractivity (Wildman–Crippen MR) is 102 cm³/mol. The van der Waals surface area contributed by atoms with E-state index < -0.39 is 9.84 Å². The molecule has 0 unspecified atom stereocenters. The van der Waals surface area contributed by atoms with Gasteiger partial charge in [0.1, 0.15) is 0 Å². The monoisotopic (exact) mass is 359 g/mol. The van der Waals surface area contributed by atoms with Crippen molar-refractivity contribution in [1.29, 1.82) is 0 Å². The second kappa shape index (κ2) is 7.00. The fourth-order valence-electron chi connectivity index (χ4n) is 3.25. The molecule has 1 N–H and O–H groups in total. The molecule has 0 saturated heterocycles. The molecule has 2 aromatic rings. The highest BCUT2D eigenvalue weighted by Crippen LogP contribution is 2.25. The van der Waals surface area contributed by atoms with Gasteiger partial charge in [-0.2, -0.15) is 0 Å². The molecule has 0 heterocycles. The van der Waals surface area contributed by atoms with Crippen LogP contribution < -0.4 is 5.32 Å². The molecule has 2 rings (SSSR count). The molecule has 0 spiro atoms. The van der Waals surface area contributed by atoms with Crippen LogP contribution in [-0.4, -0.2) is 20.5 Å². The molecule has 0 aromatic heterocycles. The molecule has 2 aromatic carbocycles. The van der Waals surface area contributed by atoms with Crippen LogP contribution in [0.15, 0.2) is 29.2 Å². The molecule has 0 saturated carbocycles. The summed E-state index contributed by atoms with van der Waals surface area (Å²) in [6.07, 6.45) is 1.20. The number of carbonyl (C=O) groups excluding carboxylic acids is 1. The minimum Gasteiger partial charge on any atom is -0.381 e. The van der Waals surface area contributed by atoms with Crippen LogP contribution in [0.25, 0.3) is 0 Å². The molecular weight excluding hydrogens is 334 g/mol. The van der Waals surface area contributed by atoms with E-state index in [9.17, 15) is 13.2 Å². The normalized spacial score (nSPS) is 11.4. The van der Waals surface area contributed by atoms with Crippen LogP contribution in [0.2, 0.25) is 0 Å². The van der Waals surface area contributed by atoms with E-state index >= 15 is 0 Å². The standard InChI is InChI=1S/C20H25NO3S/c1-12-7-8-17(25(6,23)24)10-19(12)21-11-18-13(2)9-14(3)20(15(18)4)16(5)22/h7-10,21H,11H2,1-6H3. The minimum absolute atomic E-state index is 0.0616. The third-order valence-electron chi connectivity index (χ3n) is 4.58. The molecule has 0 amide bonds. The Morgan fingerprint density at radius 2 is 1.64 bits per heavy atom. The highest BCUT2D eigenvalue weighted by molar-refractivity contribution is 7.90. The zero-order valence-electron chi connectivity index (χ0n) is 15.6. The van der Waals surface area contributed by atoms with Gasteiger partial charge in [0, 0.05) is 24.1 Å². The number of hydrogen-bond acceptors (Lipinski definition) is 4. The van der Waals surface area contributed by atoms with Crippen molar-refractivity contribution in [2.24, 2.45) is 0 Å². The van der Waals surface area contributed by atoms with Crippen molar-refractivity contribution in [1.82, 2.24) is 0 Å². The third kappa shape index (κ3) is 4.10. The number of ketones is 1. The van der Waals surface area contributed by atoms with Crippen molar-refractivity contribution in [3.05, 3.63) is 57.6 Å². The Bertz CT molecular complexity index is 944. The van der Waals surface area contributed by atoms with E-state index in [0.717, 1.165) is 39.1 Å². The van der Waals surface area contributed by atoms with E-state index in [2.05, 4.69) is 5.32 Å². The molecule has 0 atom stereocenters. The van der Waals surface area contributed by atoms with Gasteiger partial charge in [-0.25, -0.2) is 8.42 Å². The fraction of sp³-hybridized carbons (Fsp3) is 0.350. The largest absolute Gasteiger partial charge is 0.381 e. The maximum atomic E-state index is 11.9. The molecular formula is C20H25NO3S. The van der Waals surface area contributed by atoms with Gasteiger partial charge in [-0.05, 0) is 74.6 Å². The first-order valence-corrected chi connectivity index (χ1v) is 10.1. The lowest BCUT2D eigenvalue weighted by atomic mass is 9.91. The summed E-state index contributed by atoms with van der Waals surface area (Å²) in [5.41, 5.74) is 6.68. The summed E-state index contributed by atoms with van der Waals surface area (Å²) < 4.78 is 23.5. The van der Waals surface area contributed by atoms with E-state index in [-0.39, 0.29) is 5.78 Å². The topological polar surface area (TPSA) is 63.2 Å². The number of carbonyl (C=O) groups is 1. The zero-order chi connectivity index (χ0) is 18.9. The molecule has 0 bridgehead atoms. The number of Topliss-reactive ketones (excluding diaryl/α,β-unsaturated/α-hetero) is 1. The molecule has 25 heavy (non-hydrogen) atoms. The van der Waals surface area contributed by atoms with Crippen molar-refractivity contribution in [2.45, 2.75) is 46.1 Å². The van der Waals surface area contributed by atoms with Crippen molar-refractivity contribution in [2.75, 3.05) is 11.6 Å². The van der Waals surface area contributed by atoms with Crippen LogP contribution in [0.1, 0.15) is 45.1 Å². The second-order valence-electron chi connectivity index (χ2n) is 6.65. The average molecular weight is 359 g/mol. The molecule has 5 heteroatoms. The lowest BCUT2D eigenvalue weighted by molar-refractivity contribution is 0.101. The van der Waals surface area contributed by atoms with E-state index in [1.54, 1.807) is 25.1 Å². The first-order chi connectivity index (χ1) is 11.5. The second-order valence-corrected chi connectivity index (χ2v) is 8.66. The number of nitrogens with one attached hydrogen (secondary N) is 1. The Hall–Kier alpha value is -2.14. The number of aryl methyl sites for hydroxylation is 3. The van der Waals surface area contributed by atoms with Gasteiger partial charge in [0.05, 0.1) is 4.90 Å². The summed E-state index contributed by atoms with van der Waals surface area (Å²) in [4.78, 5) is 12.2. The summed E-state index contributed by atoms with van der Waals surface area (Å²) in [5.74, 6) is 0.0616. The Balaban J connectivity index is 2.40. The van der Waals surface area contributed by atoms with Gasteiger partial charge in [0.15, 0.2) is 15.6 Å². The summed E-state index contributed by atoms with van der Waals surface area (Å²) in [5, 5.41) is 3.33. The molecule has 134 valence electrons. The van der Waals surface area contributed by atoms with Crippen LogP contribution in [0.4, 0.5) is 5.69 Å². The highest BCUT2D eigenvalue weighted by atomic mass is 32.2. The maximum Gasteiger partial charge on any atom is 0.175 e. The van der Waals surface area contributed by atoms with Crippen molar-refractivity contribution in [3.63, 3.8) is 0 Å². The first kappa shape index (κ1) is 19.2. The number of anilines is 1. The van der Waals surface area contributed by atoms with Crippen LogP contribution in [-0.2, 0) is 16.4 Å².